The Morgan fingerprint density at radius 1 is 1.08 bits per heavy atom. The minimum absolute atomic E-state index is 0.0375. The zero-order valence-corrected chi connectivity index (χ0v) is 13.1. The molecule has 1 aromatic heterocycles. The van der Waals surface area contributed by atoms with Gasteiger partial charge in [0.25, 0.3) is 0 Å². The van der Waals surface area contributed by atoms with Crippen LogP contribution in [0.4, 0.5) is 23.0 Å². The molecule has 0 amide bonds. The highest BCUT2D eigenvalue weighted by atomic mass is 16.6. The lowest BCUT2D eigenvalue weighted by atomic mass is 10.2. The van der Waals surface area contributed by atoms with Crippen LogP contribution in [-0.2, 0) is 6.61 Å². The minimum atomic E-state index is -0.616. The Morgan fingerprint density at radius 3 is 2.48 bits per heavy atom. The second-order valence-corrected chi connectivity index (χ2v) is 5.14. The van der Waals surface area contributed by atoms with E-state index in [2.05, 4.69) is 15.3 Å². The molecule has 3 rings (SSSR count). The van der Waals surface area contributed by atoms with Crippen molar-refractivity contribution >= 4 is 23.0 Å². The van der Waals surface area contributed by atoms with E-state index in [0.29, 0.717) is 18.0 Å². The normalized spacial score (nSPS) is 10.2. The summed E-state index contributed by atoms with van der Waals surface area (Å²) in [5.41, 5.74) is 6.87. The van der Waals surface area contributed by atoms with E-state index in [-0.39, 0.29) is 17.3 Å². The Morgan fingerprint density at radius 2 is 1.80 bits per heavy atom. The van der Waals surface area contributed by atoms with Gasteiger partial charge < -0.3 is 15.8 Å². The van der Waals surface area contributed by atoms with Crippen molar-refractivity contribution < 1.29 is 9.66 Å². The molecular formula is C17H15N5O3. The van der Waals surface area contributed by atoms with Crippen molar-refractivity contribution in [2.24, 2.45) is 0 Å². The molecule has 8 nitrogen and oxygen atoms in total. The van der Waals surface area contributed by atoms with Gasteiger partial charge in [0, 0.05) is 5.69 Å². The Labute approximate surface area is 143 Å². The van der Waals surface area contributed by atoms with E-state index in [1.54, 1.807) is 24.3 Å². The molecular weight excluding hydrogens is 322 g/mol. The van der Waals surface area contributed by atoms with Crippen LogP contribution in [0, 0.1) is 10.1 Å². The van der Waals surface area contributed by atoms with Gasteiger partial charge in [0.1, 0.15) is 18.7 Å². The molecule has 0 aliphatic rings. The lowest BCUT2D eigenvalue weighted by Gasteiger charge is -2.09. The molecule has 0 aliphatic heterocycles. The van der Waals surface area contributed by atoms with Crippen molar-refractivity contribution in [1.29, 1.82) is 0 Å². The first kappa shape index (κ1) is 16.2. The third-order valence-corrected chi connectivity index (χ3v) is 3.40. The maximum Gasteiger partial charge on any atom is 0.353 e. The van der Waals surface area contributed by atoms with Crippen molar-refractivity contribution in [2.75, 3.05) is 11.1 Å². The highest BCUT2D eigenvalue weighted by molar-refractivity contribution is 5.72. The number of rotatable bonds is 6. The van der Waals surface area contributed by atoms with E-state index in [0.717, 1.165) is 5.56 Å². The van der Waals surface area contributed by atoms with Gasteiger partial charge in [-0.1, -0.05) is 30.3 Å². The van der Waals surface area contributed by atoms with Crippen molar-refractivity contribution in [3.05, 3.63) is 76.6 Å². The molecule has 0 fully saturated rings. The van der Waals surface area contributed by atoms with Gasteiger partial charge in [-0.2, -0.15) is 0 Å². The molecule has 0 unspecified atom stereocenters. The molecule has 3 N–H and O–H groups in total. The summed E-state index contributed by atoms with van der Waals surface area (Å²) >= 11 is 0. The molecule has 0 spiro atoms. The van der Waals surface area contributed by atoms with Crippen LogP contribution in [0.3, 0.4) is 0 Å². The maximum absolute atomic E-state index is 11.1. The molecule has 3 aromatic rings. The van der Waals surface area contributed by atoms with E-state index in [9.17, 15) is 10.1 Å². The van der Waals surface area contributed by atoms with Crippen LogP contribution < -0.4 is 15.8 Å². The van der Waals surface area contributed by atoms with E-state index in [1.807, 2.05) is 30.3 Å². The predicted molar refractivity (Wildman–Crippen MR) is 93.6 cm³/mol. The van der Waals surface area contributed by atoms with Crippen molar-refractivity contribution in [3.8, 4) is 5.75 Å². The summed E-state index contributed by atoms with van der Waals surface area (Å²) in [6, 6.07) is 16.8. The molecule has 1 heterocycles. The summed E-state index contributed by atoms with van der Waals surface area (Å²) < 4.78 is 5.70. The number of hydrogen-bond donors (Lipinski definition) is 2. The predicted octanol–water partition coefficient (Wildman–Crippen LogP) is 3.29. The molecule has 126 valence electrons. The van der Waals surface area contributed by atoms with Gasteiger partial charge in [-0.25, -0.2) is 9.97 Å². The average Bonchev–Trinajstić information content (AvgIpc) is 2.62. The van der Waals surface area contributed by atoms with Crippen LogP contribution in [0.25, 0.3) is 0 Å². The smallest absolute Gasteiger partial charge is 0.353 e. The quantitative estimate of drug-likeness (QED) is 0.523. The summed E-state index contributed by atoms with van der Waals surface area (Å²) in [5, 5.41) is 14.0. The lowest BCUT2D eigenvalue weighted by Crippen LogP contribution is -2.05. The van der Waals surface area contributed by atoms with E-state index < -0.39 is 4.92 Å². The minimum Gasteiger partial charge on any atom is -0.489 e. The van der Waals surface area contributed by atoms with E-state index >= 15 is 0 Å². The third-order valence-electron chi connectivity index (χ3n) is 3.40. The summed E-state index contributed by atoms with van der Waals surface area (Å²) in [6.07, 6.45) is 1.17. The van der Waals surface area contributed by atoms with Gasteiger partial charge in [-0.05, 0) is 29.8 Å². The zero-order valence-electron chi connectivity index (χ0n) is 13.1. The molecule has 0 atom stereocenters. The number of nitro groups is 1. The van der Waals surface area contributed by atoms with Crippen LogP contribution in [0.1, 0.15) is 5.56 Å². The molecule has 0 saturated heterocycles. The van der Waals surface area contributed by atoms with Crippen LogP contribution in [0.2, 0.25) is 0 Å². The second-order valence-electron chi connectivity index (χ2n) is 5.14. The highest BCUT2D eigenvalue weighted by Crippen LogP contribution is 2.29. The van der Waals surface area contributed by atoms with Crippen molar-refractivity contribution in [1.82, 2.24) is 9.97 Å². The fourth-order valence-electron chi connectivity index (χ4n) is 2.18. The van der Waals surface area contributed by atoms with Crippen molar-refractivity contribution in [3.63, 3.8) is 0 Å². The van der Waals surface area contributed by atoms with E-state index in [4.69, 9.17) is 10.5 Å². The summed E-state index contributed by atoms with van der Waals surface area (Å²) in [7, 11) is 0. The maximum atomic E-state index is 11.1. The monoisotopic (exact) mass is 337 g/mol. The highest BCUT2D eigenvalue weighted by Gasteiger charge is 2.20. The van der Waals surface area contributed by atoms with Crippen LogP contribution in [0.5, 0.6) is 5.75 Å². The molecule has 2 aromatic carbocycles. The van der Waals surface area contributed by atoms with Gasteiger partial charge in [0.15, 0.2) is 0 Å². The Bertz CT molecular complexity index is 869. The van der Waals surface area contributed by atoms with Gasteiger partial charge in [-0.3, -0.25) is 10.1 Å². The summed E-state index contributed by atoms with van der Waals surface area (Å²) in [5.74, 6) is 0.534. The molecule has 25 heavy (non-hydrogen) atoms. The third kappa shape index (κ3) is 3.99. The number of nitrogens with zero attached hydrogens (tertiary/aromatic N) is 3. The standard InChI is InChI=1S/C17H15N5O3/c18-16-15(22(23)24)17(20-11-19-16)21-13-6-8-14(9-7-13)25-10-12-4-2-1-3-5-12/h1-9,11H,10H2,(H3,18,19,20,21). The van der Waals surface area contributed by atoms with Crippen LogP contribution in [-0.4, -0.2) is 14.9 Å². The number of hydrogen-bond acceptors (Lipinski definition) is 7. The topological polar surface area (TPSA) is 116 Å². The fraction of sp³-hybridized carbons (Fsp3) is 0.0588. The molecule has 0 saturated carbocycles. The number of anilines is 3. The van der Waals surface area contributed by atoms with E-state index in [1.165, 1.54) is 6.33 Å². The van der Waals surface area contributed by atoms with Gasteiger partial charge >= 0.3 is 5.69 Å². The van der Waals surface area contributed by atoms with Gasteiger partial charge in [0.05, 0.1) is 4.92 Å². The number of nitrogen functional groups attached to an aromatic ring is 1. The Hall–Kier alpha value is -3.68. The molecule has 0 aliphatic carbocycles. The van der Waals surface area contributed by atoms with Crippen molar-refractivity contribution in [2.45, 2.75) is 6.61 Å². The number of nitrogens with one attached hydrogen (secondary N) is 1. The summed E-state index contributed by atoms with van der Waals surface area (Å²) in [6.45, 7) is 0.460. The number of nitrogens with two attached hydrogens (primary N) is 1. The SMILES string of the molecule is Nc1ncnc(Nc2ccc(OCc3ccccc3)cc2)c1[N+](=O)[O-]. The average molecular weight is 337 g/mol. The largest absolute Gasteiger partial charge is 0.489 e. The zero-order chi connectivity index (χ0) is 17.6. The Kier molecular flexibility index (Phi) is 4.70. The first-order valence-corrected chi connectivity index (χ1v) is 7.42. The lowest BCUT2D eigenvalue weighted by molar-refractivity contribution is -0.383. The van der Waals surface area contributed by atoms with Crippen LogP contribution >= 0.6 is 0 Å². The molecule has 0 bridgehead atoms. The molecule has 8 heteroatoms. The van der Waals surface area contributed by atoms with Gasteiger partial charge in [-0.15, -0.1) is 0 Å². The van der Waals surface area contributed by atoms with Crippen LogP contribution in [0.15, 0.2) is 60.9 Å². The number of aromatic nitrogens is 2. The number of benzene rings is 2. The van der Waals surface area contributed by atoms with Gasteiger partial charge in [0.2, 0.25) is 11.6 Å². The summed E-state index contributed by atoms with van der Waals surface area (Å²) in [4.78, 5) is 18.0. The fourth-order valence-corrected chi connectivity index (χ4v) is 2.18. The first-order chi connectivity index (χ1) is 12.1. The first-order valence-electron chi connectivity index (χ1n) is 7.42. The molecule has 0 radical (unpaired) electrons. The Balaban J connectivity index is 1.69. The number of ether oxygens (including phenoxy) is 1. The second kappa shape index (κ2) is 7.26.